The fourth-order valence-electron chi connectivity index (χ4n) is 6.73. The first-order valence-corrected chi connectivity index (χ1v) is 15.9. The predicted molar refractivity (Wildman–Crippen MR) is 158 cm³/mol. The molecule has 4 heterocycles. The summed E-state index contributed by atoms with van der Waals surface area (Å²) >= 11 is 0. The zero-order chi connectivity index (χ0) is 32.3. The van der Waals surface area contributed by atoms with E-state index in [4.69, 9.17) is 18.9 Å². The van der Waals surface area contributed by atoms with Crippen molar-refractivity contribution in [2.45, 2.75) is 81.8 Å². The number of aliphatic hydroxyl groups excluding tert-OH is 1. The van der Waals surface area contributed by atoms with Gasteiger partial charge in [0.25, 0.3) is 0 Å². The second-order valence-corrected chi connectivity index (χ2v) is 12.4. The van der Waals surface area contributed by atoms with Crippen LogP contribution in [0, 0.1) is 0 Å². The monoisotopic (exact) mass is 647 g/mol. The molecule has 2 N–H and O–H groups in total. The van der Waals surface area contributed by atoms with E-state index < -0.39 is 36.1 Å². The number of amides is 2. The Morgan fingerprint density at radius 1 is 0.913 bits per heavy atom. The maximum atomic E-state index is 13.0. The SMILES string of the molecule is O=C(NCc1ccc([C@@H]2O[C@H](CN3CCC4(CC3)OCCO4)C[C@H](c3ccc(CO)cc3)O2)cc1)[C@@H]1CCCN1C(=O)C(F)(F)F. The Balaban J connectivity index is 1.09. The van der Waals surface area contributed by atoms with E-state index in [1.54, 1.807) is 0 Å². The Kier molecular flexibility index (Phi) is 9.97. The van der Waals surface area contributed by atoms with E-state index in [1.165, 1.54) is 0 Å². The van der Waals surface area contributed by atoms with E-state index in [9.17, 15) is 27.9 Å². The Labute approximate surface area is 265 Å². The third-order valence-corrected chi connectivity index (χ3v) is 9.29. The Morgan fingerprint density at radius 2 is 1.57 bits per heavy atom. The van der Waals surface area contributed by atoms with Crippen LogP contribution in [0.4, 0.5) is 13.2 Å². The first-order valence-electron chi connectivity index (χ1n) is 15.9. The van der Waals surface area contributed by atoms with Crippen molar-refractivity contribution in [2.24, 2.45) is 0 Å². The van der Waals surface area contributed by atoms with Gasteiger partial charge in [-0.05, 0) is 29.5 Å². The lowest BCUT2D eigenvalue weighted by molar-refractivity contribution is -0.255. The molecular formula is C33H40F3N3O7. The van der Waals surface area contributed by atoms with Gasteiger partial charge in [-0.1, -0.05) is 48.5 Å². The number of rotatable bonds is 8. The van der Waals surface area contributed by atoms with Gasteiger partial charge in [0.05, 0.1) is 32.0 Å². The molecule has 10 nitrogen and oxygen atoms in total. The van der Waals surface area contributed by atoms with Crippen molar-refractivity contribution in [1.82, 2.24) is 15.1 Å². The topological polar surface area (TPSA) is 110 Å². The molecule has 0 bridgehead atoms. The average molecular weight is 648 g/mol. The molecule has 1 spiro atoms. The maximum Gasteiger partial charge on any atom is 0.471 e. The number of ether oxygens (including phenoxy) is 4. The van der Waals surface area contributed by atoms with Crippen molar-refractivity contribution >= 4 is 11.8 Å². The van der Waals surface area contributed by atoms with Crippen LogP contribution in [0.15, 0.2) is 48.5 Å². The highest BCUT2D eigenvalue weighted by molar-refractivity contribution is 5.90. The molecule has 46 heavy (non-hydrogen) atoms. The fourth-order valence-corrected chi connectivity index (χ4v) is 6.73. The van der Waals surface area contributed by atoms with Gasteiger partial charge in [-0.25, -0.2) is 0 Å². The molecule has 4 aliphatic heterocycles. The first-order chi connectivity index (χ1) is 22.1. The molecule has 6 rings (SSSR count). The lowest BCUT2D eigenvalue weighted by atomic mass is 9.98. The van der Waals surface area contributed by atoms with Crippen LogP contribution in [0.1, 0.15) is 66.8 Å². The molecule has 4 atom stereocenters. The summed E-state index contributed by atoms with van der Waals surface area (Å²) in [7, 11) is 0. The van der Waals surface area contributed by atoms with Crippen LogP contribution in [0.25, 0.3) is 0 Å². The molecule has 0 aromatic heterocycles. The second kappa shape index (κ2) is 14.0. The number of carbonyl (C=O) groups is 2. The number of nitrogens with one attached hydrogen (secondary N) is 1. The van der Waals surface area contributed by atoms with Gasteiger partial charge >= 0.3 is 12.1 Å². The van der Waals surface area contributed by atoms with E-state index in [0.717, 1.165) is 54.7 Å². The number of piperidine rings is 1. The lowest BCUT2D eigenvalue weighted by Gasteiger charge is -2.41. The highest BCUT2D eigenvalue weighted by Crippen LogP contribution is 2.39. The molecule has 4 saturated heterocycles. The second-order valence-electron chi connectivity index (χ2n) is 12.4. The van der Waals surface area contributed by atoms with E-state index >= 15 is 0 Å². The first kappa shape index (κ1) is 32.9. The molecule has 2 aromatic carbocycles. The standard InChI is InChI=1S/C33H40F3N3O7/c34-33(35,36)31(42)39-13-1-2-27(39)29(41)37-19-22-3-9-25(10-4-22)30-45-26(18-28(46-30)24-7-5-23(21-40)6-8-24)20-38-14-11-32(12-15-38)43-16-17-44-32/h3-10,26-28,30,40H,1-2,11-21H2,(H,37,41)/t26-,27-,28+,30+/m0/s1. The van der Waals surface area contributed by atoms with Gasteiger partial charge in [0.2, 0.25) is 5.91 Å². The molecule has 4 fully saturated rings. The molecule has 0 saturated carbocycles. The molecule has 13 heteroatoms. The van der Waals surface area contributed by atoms with Gasteiger partial charge in [0.15, 0.2) is 12.1 Å². The zero-order valence-corrected chi connectivity index (χ0v) is 25.5. The lowest BCUT2D eigenvalue weighted by Crippen LogP contribution is -2.50. The van der Waals surface area contributed by atoms with E-state index in [2.05, 4.69) is 10.2 Å². The van der Waals surface area contributed by atoms with Crippen LogP contribution in [-0.4, -0.2) is 90.2 Å². The third-order valence-electron chi connectivity index (χ3n) is 9.29. The van der Waals surface area contributed by atoms with Crippen molar-refractivity contribution in [2.75, 3.05) is 39.4 Å². The van der Waals surface area contributed by atoms with Crippen LogP contribution in [0.2, 0.25) is 0 Å². The van der Waals surface area contributed by atoms with Crippen molar-refractivity contribution in [3.63, 3.8) is 0 Å². The predicted octanol–water partition coefficient (Wildman–Crippen LogP) is 3.73. The van der Waals surface area contributed by atoms with Gasteiger partial charge in [0.1, 0.15) is 6.04 Å². The number of nitrogens with zero attached hydrogens (tertiary/aromatic N) is 2. The molecule has 4 aliphatic rings. The highest BCUT2D eigenvalue weighted by Gasteiger charge is 2.47. The van der Waals surface area contributed by atoms with Crippen LogP contribution < -0.4 is 5.32 Å². The minimum atomic E-state index is -5.02. The summed E-state index contributed by atoms with van der Waals surface area (Å²) in [6.45, 7) is 3.63. The van der Waals surface area contributed by atoms with Gasteiger partial charge in [0, 0.05) is 57.5 Å². The number of alkyl halides is 3. The number of halogens is 3. The molecule has 0 unspecified atom stereocenters. The molecular weight excluding hydrogens is 607 g/mol. The van der Waals surface area contributed by atoms with Crippen molar-refractivity contribution in [3.05, 3.63) is 70.8 Å². The molecule has 2 aromatic rings. The highest BCUT2D eigenvalue weighted by atomic mass is 19.4. The Hall–Kier alpha value is -3.07. The van der Waals surface area contributed by atoms with Gasteiger partial charge in [-0.2, -0.15) is 13.2 Å². The number of benzene rings is 2. The minimum absolute atomic E-state index is 0.0402. The summed E-state index contributed by atoms with van der Waals surface area (Å²) in [5.41, 5.74) is 3.34. The van der Waals surface area contributed by atoms with Gasteiger partial charge in [-0.3, -0.25) is 9.59 Å². The largest absolute Gasteiger partial charge is 0.471 e. The number of likely N-dealkylation sites (tertiary alicyclic amines) is 2. The molecule has 0 radical (unpaired) electrons. The third kappa shape index (κ3) is 7.56. The normalized spacial score (nSPS) is 26.8. The Morgan fingerprint density at radius 3 is 2.22 bits per heavy atom. The maximum absolute atomic E-state index is 13.0. The summed E-state index contributed by atoms with van der Waals surface area (Å²) in [5, 5.41) is 12.2. The van der Waals surface area contributed by atoms with Crippen molar-refractivity contribution < 1.29 is 46.8 Å². The summed E-state index contributed by atoms with van der Waals surface area (Å²) in [6, 6.07) is 13.9. The number of aliphatic hydroxyl groups is 1. The van der Waals surface area contributed by atoms with Gasteiger partial charge < -0.3 is 39.2 Å². The number of hydrogen-bond acceptors (Lipinski definition) is 8. The van der Waals surface area contributed by atoms with Crippen LogP contribution in [0.5, 0.6) is 0 Å². The zero-order valence-electron chi connectivity index (χ0n) is 25.5. The average Bonchev–Trinajstić information content (AvgIpc) is 3.75. The van der Waals surface area contributed by atoms with Crippen LogP contribution in [-0.2, 0) is 41.7 Å². The van der Waals surface area contributed by atoms with Crippen LogP contribution >= 0.6 is 0 Å². The van der Waals surface area contributed by atoms with E-state index in [-0.39, 0.29) is 38.3 Å². The molecule has 0 aliphatic carbocycles. The molecule has 2 amide bonds. The summed E-state index contributed by atoms with van der Waals surface area (Å²) in [6.07, 6.45) is -3.22. The summed E-state index contributed by atoms with van der Waals surface area (Å²) in [4.78, 5) is 27.4. The smallest absolute Gasteiger partial charge is 0.392 e. The van der Waals surface area contributed by atoms with Crippen molar-refractivity contribution in [1.29, 1.82) is 0 Å². The van der Waals surface area contributed by atoms with Gasteiger partial charge in [-0.15, -0.1) is 0 Å². The van der Waals surface area contributed by atoms with Crippen LogP contribution in [0.3, 0.4) is 0 Å². The number of carbonyl (C=O) groups excluding carboxylic acids is 2. The molecule has 250 valence electrons. The summed E-state index contributed by atoms with van der Waals surface area (Å²) in [5.74, 6) is -3.04. The quantitative estimate of drug-likeness (QED) is 0.447. The van der Waals surface area contributed by atoms with Crippen molar-refractivity contribution in [3.8, 4) is 0 Å². The van der Waals surface area contributed by atoms with E-state index in [1.807, 2.05) is 48.5 Å². The Bertz CT molecular complexity index is 1340. The number of hydrogen-bond donors (Lipinski definition) is 2. The van der Waals surface area contributed by atoms with E-state index in [0.29, 0.717) is 31.0 Å². The minimum Gasteiger partial charge on any atom is -0.392 e. The fraction of sp³-hybridized carbons (Fsp3) is 0.576. The summed E-state index contributed by atoms with van der Waals surface area (Å²) < 4.78 is 63.6.